The number of hydrogen-bond acceptors (Lipinski definition) is 7. The van der Waals surface area contributed by atoms with Crippen molar-refractivity contribution in [2.75, 3.05) is 43.4 Å². The Morgan fingerprint density at radius 2 is 1.89 bits per heavy atom. The van der Waals surface area contributed by atoms with E-state index in [-0.39, 0.29) is 17.5 Å². The Hall–Kier alpha value is -3.95. The quantitative estimate of drug-likeness (QED) is 0.284. The van der Waals surface area contributed by atoms with Gasteiger partial charge in [-0.2, -0.15) is 4.98 Å². The largest absolute Gasteiger partial charge is 0.365 e. The molecule has 234 valence electrons. The fourth-order valence-electron chi connectivity index (χ4n) is 7.67. The molecular weight excluding hydrogens is 586 g/mol. The number of piperazine rings is 1. The molecule has 3 atom stereocenters. The Labute approximate surface area is 268 Å². The molecule has 1 amide bonds. The van der Waals surface area contributed by atoms with E-state index in [4.69, 9.17) is 21.6 Å². The van der Waals surface area contributed by atoms with Gasteiger partial charge < -0.3 is 15.1 Å². The normalized spacial score (nSPS) is 21.6. The standard InChI is InChI=1S/C35H40ClN7O2/c1-5-31(44)41-14-8-9-24(19-41)43-33-28(22(3)32(34(43)45)27-10-6-7-11-29(27)36)17-37-35(39-33)38-23-12-13-30(21(2)15-23)42-20-25-16-26(42)18-40(25)4/h6-7,10-13,15,17,24-26H,5,8-9,14,16,18-20H2,1-4H3,(H,37,38,39)/t24-,25-,26-/m0/s1. The lowest BCUT2D eigenvalue weighted by Crippen LogP contribution is -2.44. The lowest BCUT2D eigenvalue weighted by atomic mass is 9.98. The number of aryl methyl sites for hydroxylation is 2. The average Bonchev–Trinajstić information content (AvgIpc) is 3.61. The molecule has 45 heavy (non-hydrogen) atoms. The van der Waals surface area contributed by atoms with Gasteiger partial charge in [0.2, 0.25) is 11.9 Å². The summed E-state index contributed by atoms with van der Waals surface area (Å²) in [5.74, 6) is 0.520. The highest BCUT2D eigenvalue weighted by Crippen LogP contribution is 2.37. The summed E-state index contributed by atoms with van der Waals surface area (Å²) >= 11 is 6.63. The predicted octanol–water partition coefficient (Wildman–Crippen LogP) is 5.94. The van der Waals surface area contributed by atoms with Crippen molar-refractivity contribution in [3.05, 3.63) is 75.2 Å². The summed E-state index contributed by atoms with van der Waals surface area (Å²) in [6.45, 7) is 9.31. The third kappa shape index (κ3) is 5.25. The van der Waals surface area contributed by atoms with Crippen molar-refractivity contribution in [2.45, 2.75) is 64.6 Å². The maximum Gasteiger partial charge on any atom is 0.260 e. The summed E-state index contributed by atoms with van der Waals surface area (Å²) in [5.41, 5.74) is 5.81. The second-order valence-electron chi connectivity index (χ2n) is 12.8. The minimum atomic E-state index is -0.217. The molecule has 0 aliphatic carbocycles. The number of amides is 1. The van der Waals surface area contributed by atoms with E-state index >= 15 is 0 Å². The maximum atomic E-state index is 14.5. The molecule has 3 aliphatic heterocycles. The Balaban J connectivity index is 1.28. The van der Waals surface area contributed by atoms with Crippen LogP contribution >= 0.6 is 11.6 Å². The van der Waals surface area contributed by atoms with Crippen LogP contribution in [0.5, 0.6) is 0 Å². The maximum absolute atomic E-state index is 14.5. The number of hydrogen-bond donors (Lipinski definition) is 1. The molecule has 2 bridgehead atoms. The summed E-state index contributed by atoms with van der Waals surface area (Å²) in [7, 11) is 2.22. The highest BCUT2D eigenvalue weighted by molar-refractivity contribution is 6.33. The second-order valence-corrected chi connectivity index (χ2v) is 13.2. The first-order valence-electron chi connectivity index (χ1n) is 16.0. The number of halogens is 1. The van der Waals surface area contributed by atoms with Crippen LogP contribution in [0.25, 0.3) is 22.2 Å². The highest BCUT2D eigenvalue weighted by Gasteiger charge is 2.41. The van der Waals surface area contributed by atoms with Crippen molar-refractivity contribution in [1.82, 2.24) is 24.3 Å². The first-order valence-corrected chi connectivity index (χ1v) is 16.4. The van der Waals surface area contributed by atoms with E-state index in [1.165, 1.54) is 17.7 Å². The van der Waals surface area contributed by atoms with Crippen LogP contribution in [0.15, 0.2) is 53.5 Å². The fraction of sp³-hybridized carbons (Fsp3) is 0.429. The molecule has 4 aromatic rings. The third-order valence-electron chi connectivity index (χ3n) is 10.0. The van der Waals surface area contributed by atoms with E-state index < -0.39 is 0 Å². The van der Waals surface area contributed by atoms with E-state index in [1.807, 2.05) is 36.9 Å². The molecule has 1 N–H and O–H groups in total. The number of nitrogens with one attached hydrogen (secondary N) is 1. The van der Waals surface area contributed by atoms with Gasteiger partial charge in [0, 0.05) is 78.2 Å². The predicted molar refractivity (Wildman–Crippen MR) is 181 cm³/mol. The lowest BCUT2D eigenvalue weighted by molar-refractivity contribution is -0.132. The van der Waals surface area contributed by atoms with Crippen LogP contribution in [-0.2, 0) is 4.79 Å². The molecule has 3 saturated heterocycles. The van der Waals surface area contributed by atoms with Crippen molar-refractivity contribution in [2.24, 2.45) is 0 Å². The number of anilines is 3. The van der Waals surface area contributed by atoms with Crippen LogP contribution < -0.4 is 15.8 Å². The molecule has 3 fully saturated rings. The zero-order valence-electron chi connectivity index (χ0n) is 26.4. The third-order valence-corrected chi connectivity index (χ3v) is 10.4. The average molecular weight is 626 g/mol. The Morgan fingerprint density at radius 1 is 1.07 bits per heavy atom. The molecular formula is C35H40ClN7O2. The number of likely N-dealkylation sites (N-methyl/N-ethyl adjacent to an activating group) is 1. The van der Waals surface area contributed by atoms with Gasteiger partial charge in [-0.1, -0.05) is 36.7 Å². The van der Waals surface area contributed by atoms with E-state index in [1.54, 1.807) is 16.8 Å². The topological polar surface area (TPSA) is 86.6 Å². The van der Waals surface area contributed by atoms with Crippen LogP contribution in [0.2, 0.25) is 5.02 Å². The molecule has 3 aliphatic rings. The van der Waals surface area contributed by atoms with E-state index in [0.717, 1.165) is 42.6 Å². The smallest absolute Gasteiger partial charge is 0.260 e. The van der Waals surface area contributed by atoms with Gasteiger partial charge in [0.1, 0.15) is 5.65 Å². The summed E-state index contributed by atoms with van der Waals surface area (Å²) in [6, 6.07) is 14.8. The second kappa shape index (κ2) is 11.8. The monoisotopic (exact) mass is 625 g/mol. The number of carbonyl (C=O) groups excluding carboxylic acids is 1. The van der Waals surface area contributed by atoms with E-state index in [2.05, 4.69) is 47.3 Å². The lowest BCUT2D eigenvalue weighted by Gasteiger charge is -2.34. The van der Waals surface area contributed by atoms with Gasteiger partial charge in [0.25, 0.3) is 5.56 Å². The van der Waals surface area contributed by atoms with Crippen LogP contribution in [0, 0.1) is 13.8 Å². The molecule has 5 heterocycles. The summed E-state index contributed by atoms with van der Waals surface area (Å²) in [6.07, 6.45) is 5.05. The first-order chi connectivity index (χ1) is 21.7. The molecule has 7 rings (SSSR count). The fourth-order valence-corrected chi connectivity index (χ4v) is 7.90. The van der Waals surface area contributed by atoms with Crippen LogP contribution in [0.1, 0.15) is 49.8 Å². The summed E-state index contributed by atoms with van der Waals surface area (Å²) in [5, 5.41) is 4.71. The number of likely N-dealkylation sites (tertiary alicyclic amines) is 2. The van der Waals surface area contributed by atoms with Crippen LogP contribution in [-0.4, -0.2) is 75.6 Å². The number of nitrogens with zero attached hydrogens (tertiary/aromatic N) is 6. The zero-order valence-corrected chi connectivity index (χ0v) is 27.1. The van der Waals surface area contributed by atoms with Crippen LogP contribution in [0.4, 0.5) is 17.3 Å². The number of rotatable bonds is 6. The number of pyridine rings is 1. The molecule has 2 aromatic carbocycles. The van der Waals surface area contributed by atoms with Crippen molar-refractivity contribution in [3.63, 3.8) is 0 Å². The van der Waals surface area contributed by atoms with Gasteiger partial charge in [-0.05, 0) is 75.5 Å². The van der Waals surface area contributed by atoms with Crippen molar-refractivity contribution < 1.29 is 4.79 Å². The molecule has 0 saturated carbocycles. The Kier molecular flexibility index (Phi) is 7.78. The van der Waals surface area contributed by atoms with Gasteiger partial charge in [0.05, 0.1) is 11.6 Å². The van der Waals surface area contributed by atoms with Crippen molar-refractivity contribution in [1.29, 1.82) is 0 Å². The SMILES string of the molecule is CCC(=O)N1CCC[C@H](n2c(=O)c(-c3ccccc3Cl)c(C)c3cnc(Nc4ccc(N5C[C@@H]6C[C@H]5CN6C)c(C)c4)nc32)C1. The van der Waals surface area contributed by atoms with Gasteiger partial charge in [0.15, 0.2) is 0 Å². The molecule has 0 radical (unpaired) electrons. The van der Waals surface area contributed by atoms with Gasteiger partial charge in [-0.3, -0.25) is 19.1 Å². The zero-order chi connectivity index (χ0) is 31.4. The summed E-state index contributed by atoms with van der Waals surface area (Å²) in [4.78, 5) is 43.7. The van der Waals surface area contributed by atoms with Crippen molar-refractivity contribution in [3.8, 4) is 11.1 Å². The number of aromatic nitrogens is 3. The molecule has 10 heteroatoms. The van der Waals surface area contributed by atoms with Gasteiger partial charge >= 0.3 is 0 Å². The molecule has 0 spiro atoms. The highest BCUT2D eigenvalue weighted by atomic mass is 35.5. The minimum Gasteiger partial charge on any atom is -0.365 e. The molecule has 0 unspecified atom stereocenters. The Morgan fingerprint density at radius 3 is 2.60 bits per heavy atom. The minimum absolute atomic E-state index is 0.0973. The number of carbonyl (C=O) groups is 1. The van der Waals surface area contributed by atoms with E-state index in [0.29, 0.717) is 59.3 Å². The van der Waals surface area contributed by atoms with Gasteiger partial charge in [-0.25, -0.2) is 4.98 Å². The number of benzene rings is 2. The van der Waals surface area contributed by atoms with Crippen molar-refractivity contribution >= 4 is 45.9 Å². The number of piperidine rings is 1. The van der Waals surface area contributed by atoms with E-state index in [9.17, 15) is 9.59 Å². The first kappa shape index (κ1) is 29.7. The molecule has 9 nitrogen and oxygen atoms in total. The van der Waals surface area contributed by atoms with Gasteiger partial charge in [-0.15, -0.1) is 0 Å². The van der Waals surface area contributed by atoms with Crippen LogP contribution in [0.3, 0.4) is 0 Å². The number of fused-ring (bicyclic) bond motifs is 3. The summed E-state index contributed by atoms with van der Waals surface area (Å²) < 4.78 is 1.79. The molecule has 2 aromatic heterocycles. The Bertz CT molecular complexity index is 1850.